The largest absolute Gasteiger partial charge is 0.378 e. The van der Waals surface area contributed by atoms with Crippen LogP contribution in [0.4, 0.5) is 0 Å². The van der Waals surface area contributed by atoms with E-state index in [9.17, 15) is 0 Å². The molecule has 3 nitrogen and oxygen atoms in total. The Labute approximate surface area is 112 Å². The molecule has 0 radical (unpaired) electrons. The highest BCUT2D eigenvalue weighted by molar-refractivity contribution is 5.02. The van der Waals surface area contributed by atoms with Crippen molar-refractivity contribution in [2.45, 2.75) is 64.0 Å². The van der Waals surface area contributed by atoms with Gasteiger partial charge < -0.3 is 10.5 Å². The van der Waals surface area contributed by atoms with Crippen molar-refractivity contribution >= 4 is 0 Å². The molecule has 1 heterocycles. The van der Waals surface area contributed by atoms with Crippen molar-refractivity contribution in [1.29, 1.82) is 0 Å². The van der Waals surface area contributed by atoms with Gasteiger partial charge in [0.05, 0.1) is 13.2 Å². The van der Waals surface area contributed by atoms with Gasteiger partial charge in [-0.15, -0.1) is 0 Å². The first-order valence-corrected chi connectivity index (χ1v) is 7.60. The summed E-state index contributed by atoms with van der Waals surface area (Å²) in [6.45, 7) is 10.5. The summed E-state index contributed by atoms with van der Waals surface area (Å²) in [4.78, 5) is 2.66. The van der Waals surface area contributed by atoms with Crippen LogP contribution in [0.15, 0.2) is 0 Å². The first-order chi connectivity index (χ1) is 8.54. The Bertz CT molecular complexity index is 270. The Morgan fingerprint density at radius 2 is 1.94 bits per heavy atom. The molecule has 0 aromatic rings. The van der Waals surface area contributed by atoms with E-state index in [-0.39, 0.29) is 11.1 Å². The maximum absolute atomic E-state index is 6.19. The average molecular weight is 254 g/mol. The molecular formula is C15H30N2O. The molecule has 0 aromatic carbocycles. The van der Waals surface area contributed by atoms with E-state index in [0.29, 0.717) is 0 Å². The second kappa shape index (κ2) is 5.48. The fraction of sp³-hybridized carbons (Fsp3) is 1.00. The van der Waals surface area contributed by atoms with E-state index in [4.69, 9.17) is 10.5 Å². The third-order valence-electron chi connectivity index (χ3n) is 5.21. The van der Waals surface area contributed by atoms with Crippen molar-refractivity contribution in [1.82, 2.24) is 4.90 Å². The van der Waals surface area contributed by atoms with Gasteiger partial charge in [-0.3, -0.25) is 4.90 Å². The molecule has 18 heavy (non-hydrogen) atoms. The normalized spacial score (nSPS) is 37.7. The van der Waals surface area contributed by atoms with Gasteiger partial charge >= 0.3 is 0 Å². The molecule has 1 aliphatic carbocycles. The molecule has 106 valence electrons. The fourth-order valence-electron chi connectivity index (χ4n) is 3.94. The molecule has 0 unspecified atom stereocenters. The molecule has 2 rings (SSSR count). The monoisotopic (exact) mass is 254 g/mol. The predicted octanol–water partition coefficient (Wildman–Crippen LogP) is 2.39. The SMILES string of the molecule is CCC1CCC(CN)(N2CCOCC2(C)C)CC1. The van der Waals surface area contributed by atoms with Crippen molar-refractivity contribution in [2.24, 2.45) is 11.7 Å². The lowest BCUT2D eigenvalue weighted by molar-refractivity contribution is -0.116. The number of morpholine rings is 1. The van der Waals surface area contributed by atoms with Crippen molar-refractivity contribution in [3.63, 3.8) is 0 Å². The van der Waals surface area contributed by atoms with Gasteiger partial charge in [-0.05, 0) is 45.4 Å². The minimum atomic E-state index is 0.136. The zero-order chi connectivity index (χ0) is 13.2. The van der Waals surface area contributed by atoms with Crippen molar-refractivity contribution in [3.05, 3.63) is 0 Å². The van der Waals surface area contributed by atoms with Crippen molar-refractivity contribution < 1.29 is 4.74 Å². The third kappa shape index (κ3) is 2.59. The Morgan fingerprint density at radius 3 is 2.44 bits per heavy atom. The number of nitrogens with zero attached hydrogens (tertiary/aromatic N) is 1. The van der Waals surface area contributed by atoms with Gasteiger partial charge in [0.15, 0.2) is 0 Å². The Morgan fingerprint density at radius 1 is 1.28 bits per heavy atom. The lowest BCUT2D eigenvalue weighted by Crippen LogP contribution is -2.66. The highest BCUT2D eigenvalue weighted by Crippen LogP contribution is 2.41. The van der Waals surface area contributed by atoms with E-state index in [1.54, 1.807) is 0 Å². The van der Waals surface area contributed by atoms with E-state index in [2.05, 4.69) is 25.7 Å². The smallest absolute Gasteiger partial charge is 0.0645 e. The van der Waals surface area contributed by atoms with Gasteiger partial charge in [-0.2, -0.15) is 0 Å². The van der Waals surface area contributed by atoms with E-state index in [0.717, 1.165) is 32.2 Å². The molecule has 1 saturated carbocycles. The van der Waals surface area contributed by atoms with Crippen LogP contribution in [0.25, 0.3) is 0 Å². The highest BCUT2D eigenvalue weighted by atomic mass is 16.5. The molecule has 2 N–H and O–H groups in total. The lowest BCUT2D eigenvalue weighted by atomic mass is 9.73. The van der Waals surface area contributed by atoms with Crippen LogP contribution in [0.5, 0.6) is 0 Å². The molecular weight excluding hydrogens is 224 g/mol. The topological polar surface area (TPSA) is 38.5 Å². The minimum absolute atomic E-state index is 0.136. The standard InChI is InChI=1S/C15H30N2O/c1-4-13-5-7-15(11-16,8-6-13)17-9-10-18-12-14(17,2)3/h13H,4-12,16H2,1-3H3. The first-order valence-electron chi connectivity index (χ1n) is 7.60. The van der Waals surface area contributed by atoms with Crippen LogP contribution >= 0.6 is 0 Å². The molecule has 1 saturated heterocycles. The van der Waals surface area contributed by atoms with Crippen LogP contribution in [0.2, 0.25) is 0 Å². The zero-order valence-electron chi connectivity index (χ0n) is 12.4. The Hall–Kier alpha value is -0.120. The predicted molar refractivity (Wildman–Crippen MR) is 75.6 cm³/mol. The second-order valence-electron chi connectivity index (χ2n) is 6.80. The van der Waals surface area contributed by atoms with E-state index >= 15 is 0 Å². The number of nitrogens with two attached hydrogens (primary N) is 1. The average Bonchev–Trinajstić information content (AvgIpc) is 2.38. The zero-order valence-corrected chi connectivity index (χ0v) is 12.4. The number of hydrogen-bond acceptors (Lipinski definition) is 3. The Kier molecular flexibility index (Phi) is 4.35. The molecule has 0 amide bonds. The second-order valence-corrected chi connectivity index (χ2v) is 6.80. The van der Waals surface area contributed by atoms with Crippen LogP contribution < -0.4 is 5.73 Å². The highest BCUT2D eigenvalue weighted by Gasteiger charge is 2.46. The van der Waals surface area contributed by atoms with E-state index in [1.165, 1.54) is 32.1 Å². The summed E-state index contributed by atoms with van der Waals surface area (Å²) in [5.74, 6) is 0.925. The van der Waals surface area contributed by atoms with Crippen molar-refractivity contribution in [2.75, 3.05) is 26.3 Å². The van der Waals surface area contributed by atoms with Crippen LogP contribution in [0.1, 0.15) is 52.9 Å². The first kappa shape index (κ1) is 14.3. The number of ether oxygens (including phenoxy) is 1. The van der Waals surface area contributed by atoms with Gasteiger partial charge in [-0.1, -0.05) is 13.3 Å². The number of hydrogen-bond donors (Lipinski definition) is 1. The molecule has 0 aromatic heterocycles. The van der Waals surface area contributed by atoms with Gasteiger partial charge in [0, 0.05) is 24.2 Å². The summed E-state index contributed by atoms with van der Waals surface area (Å²) in [6.07, 6.45) is 6.56. The van der Waals surface area contributed by atoms with Crippen LogP contribution in [0, 0.1) is 5.92 Å². The van der Waals surface area contributed by atoms with Gasteiger partial charge in [0.25, 0.3) is 0 Å². The van der Waals surface area contributed by atoms with Crippen LogP contribution in [-0.4, -0.2) is 42.3 Å². The molecule has 0 bridgehead atoms. The summed E-state index contributed by atoms with van der Waals surface area (Å²) in [5.41, 5.74) is 6.57. The number of rotatable bonds is 3. The van der Waals surface area contributed by atoms with Gasteiger partial charge in [0.2, 0.25) is 0 Å². The molecule has 3 heteroatoms. The molecule has 0 atom stereocenters. The Balaban J connectivity index is 2.12. The summed E-state index contributed by atoms with van der Waals surface area (Å²) >= 11 is 0. The minimum Gasteiger partial charge on any atom is -0.378 e. The molecule has 2 aliphatic rings. The summed E-state index contributed by atoms with van der Waals surface area (Å²) < 4.78 is 5.66. The molecule has 0 spiro atoms. The molecule has 2 fully saturated rings. The maximum Gasteiger partial charge on any atom is 0.0645 e. The van der Waals surface area contributed by atoms with Crippen molar-refractivity contribution in [3.8, 4) is 0 Å². The lowest BCUT2D eigenvalue weighted by Gasteiger charge is -2.56. The molecule has 1 aliphatic heterocycles. The van der Waals surface area contributed by atoms with E-state index in [1.807, 2.05) is 0 Å². The third-order valence-corrected chi connectivity index (χ3v) is 5.21. The summed E-state index contributed by atoms with van der Waals surface area (Å²) in [5, 5.41) is 0. The van der Waals surface area contributed by atoms with Crippen LogP contribution in [0.3, 0.4) is 0 Å². The fourth-order valence-corrected chi connectivity index (χ4v) is 3.94. The van der Waals surface area contributed by atoms with Crippen LogP contribution in [-0.2, 0) is 4.74 Å². The van der Waals surface area contributed by atoms with Gasteiger partial charge in [0.1, 0.15) is 0 Å². The van der Waals surface area contributed by atoms with E-state index < -0.39 is 0 Å². The quantitative estimate of drug-likeness (QED) is 0.840. The maximum atomic E-state index is 6.19. The van der Waals surface area contributed by atoms with Gasteiger partial charge in [-0.25, -0.2) is 0 Å². The summed E-state index contributed by atoms with van der Waals surface area (Å²) in [7, 11) is 0. The summed E-state index contributed by atoms with van der Waals surface area (Å²) in [6, 6.07) is 0.